The lowest BCUT2D eigenvalue weighted by atomic mass is 9.87. The minimum atomic E-state index is 0.112. The van der Waals surface area contributed by atoms with Crippen LogP contribution in [0.5, 0.6) is 0 Å². The third kappa shape index (κ3) is 4.27. The lowest BCUT2D eigenvalue weighted by Gasteiger charge is -2.28. The third-order valence-corrected chi connectivity index (χ3v) is 2.08. The van der Waals surface area contributed by atoms with Gasteiger partial charge in [-0.2, -0.15) is 0 Å². The van der Waals surface area contributed by atoms with Gasteiger partial charge in [0.15, 0.2) is 0 Å². The molecule has 0 aliphatic heterocycles. The van der Waals surface area contributed by atoms with Crippen LogP contribution in [-0.2, 0) is 4.79 Å². The van der Waals surface area contributed by atoms with Gasteiger partial charge in [0, 0.05) is 12.0 Å². The lowest BCUT2D eigenvalue weighted by Crippen LogP contribution is -2.33. The maximum absolute atomic E-state index is 9.95. The van der Waals surface area contributed by atoms with Crippen LogP contribution in [0.2, 0.25) is 0 Å². The van der Waals surface area contributed by atoms with E-state index in [0.29, 0.717) is 6.54 Å². The van der Waals surface area contributed by atoms with Gasteiger partial charge >= 0.3 is 0 Å². The van der Waals surface area contributed by atoms with Gasteiger partial charge < -0.3 is 4.90 Å². The van der Waals surface area contributed by atoms with Crippen LogP contribution in [0.15, 0.2) is 4.99 Å². The molecule has 1 atom stereocenters. The predicted molar refractivity (Wildman–Crippen MR) is 49.9 cm³/mol. The molecule has 70 valence electrons. The Morgan fingerprint density at radius 1 is 1.50 bits per heavy atom. The van der Waals surface area contributed by atoms with Crippen molar-refractivity contribution >= 4 is 6.08 Å². The fourth-order valence-corrected chi connectivity index (χ4v) is 1.26. The minimum Gasteiger partial charge on any atom is -0.309 e. The fourth-order valence-electron chi connectivity index (χ4n) is 1.26. The van der Waals surface area contributed by atoms with Crippen LogP contribution < -0.4 is 0 Å². The SMILES string of the molecule is CCC(C)(CN=C=O)CN(C)C. The number of nitrogens with zero attached hydrogens (tertiary/aromatic N) is 2. The summed E-state index contributed by atoms with van der Waals surface area (Å²) in [4.78, 5) is 15.7. The van der Waals surface area contributed by atoms with Gasteiger partial charge in [0.2, 0.25) is 6.08 Å². The molecule has 0 saturated heterocycles. The molecule has 3 nitrogen and oxygen atoms in total. The molecule has 1 unspecified atom stereocenters. The molecule has 0 fully saturated rings. The normalized spacial score (nSPS) is 15.4. The molecule has 12 heavy (non-hydrogen) atoms. The van der Waals surface area contributed by atoms with E-state index in [2.05, 4.69) is 23.7 Å². The zero-order valence-corrected chi connectivity index (χ0v) is 8.42. The van der Waals surface area contributed by atoms with Crippen molar-refractivity contribution in [3.05, 3.63) is 0 Å². The van der Waals surface area contributed by atoms with Crippen LogP contribution in [0.1, 0.15) is 20.3 Å². The molecule has 0 spiro atoms. The van der Waals surface area contributed by atoms with Gasteiger partial charge in [-0.05, 0) is 20.5 Å². The summed E-state index contributed by atoms with van der Waals surface area (Å²) in [5.41, 5.74) is 0.112. The van der Waals surface area contributed by atoms with Crippen LogP contribution >= 0.6 is 0 Å². The number of isocyanates is 1. The van der Waals surface area contributed by atoms with Crippen molar-refractivity contribution in [3.63, 3.8) is 0 Å². The van der Waals surface area contributed by atoms with Crippen molar-refractivity contribution in [2.75, 3.05) is 27.2 Å². The van der Waals surface area contributed by atoms with Gasteiger partial charge in [0.05, 0.1) is 6.54 Å². The monoisotopic (exact) mass is 170 g/mol. The number of hydrogen-bond donors (Lipinski definition) is 0. The summed E-state index contributed by atoms with van der Waals surface area (Å²) in [6.45, 7) is 5.78. The highest BCUT2D eigenvalue weighted by Crippen LogP contribution is 2.21. The Morgan fingerprint density at radius 2 is 2.08 bits per heavy atom. The van der Waals surface area contributed by atoms with Gasteiger partial charge in [0.25, 0.3) is 0 Å². The third-order valence-electron chi connectivity index (χ3n) is 2.08. The Labute approximate surface area is 74.5 Å². The summed E-state index contributed by atoms with van der Waals surface area (Å²) in [5.74, 6) is 0. The van der Waals surface area contributed by atoms with E-state index in [1.165, 1.54) is 0 Å². The second kappa shape index (κ2) is 5.07. The number of rotatable bonds is 5. The minimum absolute atomic E-state index is 0.112. The average molecular weight is 170 g/mol. The molecule has 0 aliphatic carbocycles. The average Bonchev–Trinajstić information content (AvgIpc) is 2.00. The van der Waals surface area contributed by atoms with Crippen LogP contribution in [0.25, 0.3) is 0 Å². The summed E-state index contributed by atoms with van der Waals surface area (Å²) in [7, 11) is 4.05. The van der Waals surface area contributed by atoms with Crippen molar-refractivity contribution in [3.8, 4) is 0 Å². The quantitative estimate of drug-likeness (QED) is 0.460. The molecule has 0 aromatic rings. The van der Waals surface area contributed by atoms with Gasteiger partial charge in [-0.3, -0.25) is 0 Å². The number of carbonyl (C=O) groups excluding carboxylic acids is 1. The second-order valence-corrected chi connectivity index (χ2v) is 3.81. The van der Waals surface area contributed by atoms with Crippen LogP contribution in [0.4, 0.5) is 0 Å². The van der Waals surface area contributed by atoms with E-state index in [-0.39, 0.29) is 5.41 Å². The zero-order chi connectivity index (χ0) is 9.61. The molecule has 0 saturated carbocycles. The molecule has 0 aromatic carbocycles. The predicted octanol–water partition coefficient (Wildman–Crippen LogP) is 1.30. The Kier molecular flexibility index (Phi) is 4.79. The summed E-state index contributed by atoms with van der Waals surface area (Å²) >= 11 is 0. The summed E-state index contributed by atoms with van der Waals surface area (Å²) in [6.07, 6.45) is 2.61. The standard InChI is InChI=1S/C9H18N2O/c1-5-9(2,6-10-8-12)7-11(3)4/h5-7H2,1-4H3. The first-order valence-electron chi connectivity index (χ1n) is 4.22. The first-order chi connectivity index (χ1) is 5.54. The van der Waals surface area contributed by atoms with Crippen LogP contribution in [-0.4, -0.2) is 38.2 Å². The molecule has 0 radical (unpaired) electrons. The van der Waals surface area contributed by atoms with E-state index in [1.54, 1.807) is 6.08 Å². The molecule has 3 heteroatoms. The second-order valence-electron chi connectivity index (χ2n) is 3.81. The molecule has 0 N–H and O–H groups in total. The number of aliphatic imine (C=N–C) groups is 1. The smallest absolute Gasteiger partial charge is 0.234 e. The van der Waals surface area contributed by atoms with Crippen LogP contribution in [0, 0.1) is 5.41 Å². The molecular formula is C9H18N2O. The Hall–Kier alpha value is -0.660. The van der Waals surface area contributed by atoms with E-state index in [0.717, 1.165) is 13.0 Å². The Bertz CT molecular complexity index is 173. The topological polar surface area (TPSA) is 32.7 Å². The maximum Gasteiger partial charge on any atom is 0.234 e. The van der Waals surface area contributed by atoms with Crippen molar-refractivity contribution in [1.29, 1.82) is 0 Å². The first-order valence-corrected chi connectivity index (χ1v) is 4.22. The first kappa shape index (κ1) is 11.3. The zero-order valence-electron chi connectivity index (χ0n) is 8.42. The summed E-state index contributed by atoms with van der Waals surface area (Å²) in [5, 5.41) is 0. The molecule has 0 rings (SSSR count). The van der Waals surface area contributed by atoms with Crippen LogP contribution in [0.3, 0.4) is 0 Å². The van der Waals surface area contributed by atoms with E-state index in [9.17, 15) is 4.79 Å². The highest BCUT2D eigenvalue weighted by atomic mass is 16.1. The van der Waals surface area contributed by atoms with Gasteiger partial charge in [0.1, 0.15) is 0 Å². The molecule has 0 aromatic heterocycles. The lowest BCUT2D eigenvalue weighted by molar-refractivity contribution is 0.219. The molecule has 0 heterocycles. The Morgan fingerprint density at radius 3 is 2.42 bits per heavy atom. The largest absolute Gasteiger partial charge is 0.309 e. The summed E-state index contributed by atoms with van der Waals surface area (Å²) in [6, 6.07) is 0. The van der Waals surface area contributed by atoms with E-state index < -0.39 is 0 Å². The highest BCUT2D eigenvalue weighted by molar-refractivity contribution is 5.33. The van der Waals surface area contributed by atoms with E-state index in [1.807, 2.05) is 14.1 Å². The van der Waals surface area contributed by atoms with E-state index in [4.69, 9.17) is 0 Å². The molecule has 0 aliphatic rings. The summed E-state index contributed by atoms with van der Waals surface area (Å²) < 4.78 is 0. The van der Waals surface area contributed by atoms with Crippen molar-refractivity contribution in [1.82, 2.24) is 4.90 Å². The highest BCUT2D eigenvalue weighted by Gasteiger charge is 2.22. The van der Waals surface area contributed by atoms with E-state index >= 15 is 0 Å². The maximum atomic E-state index is 9.95. The number of hydrogen-bond acceptors (Lipinski definition) is 3. The molecular weight excluding hydrogens is 152 g/mol. The van der Waals surface area contributed by atoms with Gasteiger partial charge in [-0.1, -0.05) is 13.8 Å². The molecule has 0 amide bonds. The fraction of sp³-hybridized carbons (Fsp3) is 0.889. The van der Waals surface area contributed by atoms with Gasteiger partial charge in [-0.15, -0.1) is 0 Å². The molecule has 0 bridgehead atoms. The van der Waals surface area contributed by atoms with Crippen molar-refractivity contribution in [2.45, 2.75) is 20.3 Å². The Balaban J connectivity index is 4.13. The van der Waals surface area contributed by atoms with Crippen molar-refractivity contribution < 1.29 is 4.79 Å². The van der Waals surface area contributed by atoms with Crippen molar-refractivity contribution in [2.24, 2.45) is 10.4 Å². The van der Waals surface area contributed by atoms with Gasteiger partial charge in [-0.25, -0.2) is 9.79 Å².